The third-order valence-electron chi connectivity index (χ3n) is 3.06. The Morgan fingerprint density at radius 3 is 2.41 bits per heavy atom. The summed E-state index contributed by atoms with van der Waals surface area (Å²) in [5.41, 5.74) is 0. The molecule has 0 aliphatic carbocycles. The summed E-state index contributed by atoms with van der Waals surface area (Å²) in [5.74, 6) is 1.69. The summed E-state index contributed by atoms with van der Waals surface area (Å²) in [5, 5.41) is 0. The van der Waals surface area contributed by atoms with Gasteiger partial charge in [0.25, 0.3) is 0 Å². The molecule has 2 heteroatoms. The van der Waals surface area contributed by atoms with Crippen molar-refractivity contribution in [3.05, 3.63) is 30.3 Å². The van der Waals surface area contributed by atoms with Gasteiger partial charge in [0.05, 0.1) is 6.61 Å². The molecule has 0 radical (unpaired) electrons. The lowest BCUT2D eigenvalue weighted by atomic mass is 9.96. The highest BCUT2D eigenvalue weighted by Crippen LogP contribution is 2.14. The van der Waals surface area contributed by atoms with Gasteiger partial charge in [0.2, 0.25) is 0 Å². The van der Waals surface area contributed by atoms with Crippen LogP contribution in [0.1, 0.15) is 39.5 Å². The zero-order valence-corrected chi connectivity index (χ0v) is 10.8. The Hall–Kier alpha value is -1.31. The molecule has 0 fully saturated rings. The highest BCUT2D eigenvalue weighted by atomic mass is 16.5. The molecule has 0 spiro atoms. The molecule has 0 aromatic heterocycles. The number of hydrogen-bond donors (Lipinski definition) is 0. The molecular weight excluding hydrogens is 212 g/mol. The van der Waals surface area contributed by atoms with Crippen LogP contribution in [0.4, 0.5) is 0 Å². The first kappa shape index (κ1) is 13.8. The number of ketones is 1. The Morgan fingerprint density at radius 2 is 1.82 bits per heavy atom. The highest BCUT2D eigenvalue weighted by molar-refractivity contribution is 5.78. The van der Waals surface area contributed by atoms with Crippen LogP contribution in [0.3, 0.4) is 0 Å². The summed E-state index contributed by atoms with van der Waals surface area (Å²) < 4.78 is 5.50. The van der Waals surface area contributed by atoms with Crippen LogP contribution in [0.15, 0.2) is 30.3 Å². The molecule has 0 N–H and O–H groups in total. The van der Waals surface area contributed by atoms with Crippen molar-refractivity contribution in [2.45, 2.75) is 39.5 Å². The predicted molar refractivity (Wildman–Crippen MR) is 70.3 cm³/mol. The number of hydrogen-bond acceptors (Lipinski definition) is 2. The van der Waals surface area contributed by atoms with Gasteiger partial charge < -0.3 is 4.74 Å². The van der Waals surface area contributed by atoms with Gasteiger partial charge in [-0.15, -0.1) is 0 Å². The molecule has 0 bridgehead atoms. The molecule has 0 atom stereocenters. The summed E-state index contributed by atoms with van der Waals surface area (Å²) in [6.45, 7) is 4.77. The molecule has 0 unspecified atom stereocenters. The lowest BCUT2D eigenvalue weighted by molar-refractivity contribution is -0.120. The van der Waals surface area contributed by atoms with Gasteiger partial charge >= 0.3 is 0 Å². The van der Waals surface area contributed by atoms with Gasteiger partial charge in [0.1, 0.15) is 11.5 Å². The van der Waals surface area contributed by atoms with Crippen LogP contribution in [-0.2, 0) is 4.79 Å². The summed E-state index contributed by atoms with van der Waals surface area (Å²) >= 11 is 0. The number of Topliss-reactive ketones (excluding diaryl/α,β-unsaturated/α-hetero) is 1. The molecule has 0 heterocycles. The van der Waals surface area contributed by atoms with E-state index in [0.717, 1.165) is 18.6 Å². The normalized spacial score (nSPS) is 10.5. The van der Waals surface area contributed by atoms with Crippen molar-refractivity contribution in [2.24, 2.45) is 5.92 Å². The smallest absolute Gasteiger partial charge is 0.136 e. The fourth-order valence-corrected chi connectivity index (χ4v) is 1.80. The van der Waals surface area contributed by atoms with E-state index in [0.29, 0.717) is 31.1 Å². The van der Waals surface area contributed by atoms with Gasteiger partial charge in [0.15, 0.2) is 0 Å². The Bertz CT molecular complexity index is 315. The Morgan fingerprint density at radius 1 is 1.18 bits per heavy atom. The van der Waals surface area contributed by atoms with Crippen LogP contribution in [0, 0.1) is 5.92 Å². The molecule has 17 heavy (non-hydrogen) atoms. The summed E-state index contributed by atoms with van der Waals surface area (Å²) in [6.07, 6.45) is 3.39. The van der Waals surface area contributed by atoms with Crippen molar-refractivity contribution in [3.8, 4) is 5.75 Å². The first-order chi connectivity index (χ1) is 8.26. The Labute approximate surface area is 104 Å². The van der Waals surface area contributed by atoms with Crippen LogP contribution in [0.2, 0.25) is 0 Å². The maximum absolute atomic E-state index is 11.7. The van der Waals surface area contributed by atoms with Gasteiger partial charge in [-0.05, 0) is 18.1 Å². The topological polar surface area (TPSA) is 26.3 Å². The predicted octanol–water partition coefficient (Wildman–Crippen LogP) is 3.85. The Balaban J connectivity index is 2.20. The van der Waals surface area contributed by atoms with Crippen LogP contribution in [-0.4, -0.2) is 12.4 Å². The molecule has 1 aromatic rings. The lowest BCUT2D eigenvalue weighted by Gasteiger charge is -2.11. The fourth-order valence-electron chi connectivity index (χ4n) is 1.80. The SMILES string of the molecule is CCC(CC)CC(=O)CCOc1ccccc1. The number of carbonyl (C=O) groups is 1. The van der Waals surface area contributed by atoms with E-state index < -0.39 is 0 Å². The van der Waals surface area contributed by atoms with Crippen LogP contribution in [0.25, 0.3) is 0 Å². The molecule has 1 rings (SSSR count). The van der Waals surface area contributed by atoms with Gasteiger partial charge in [-0.25, -0.2) is 0 Å². The third-order valence-corrected chi connectivity index (χ3v) is 3.06. The first-order valence-electron chi connectivity index (χ1n) is 6.45. The third kappa shape index (κ3) is 5.53. The number of benzene rings is 1. The van der Waals surface area contributed by atoms with Crippen molar-refractivity contribution in [1.82, 2.24) is 0 Å². The summed E-state index contributed by atoms with van der Waals surface area (Å²) in [6, 6.07) is 9.63. The minimum absolute atomic E-state index is 0.314. The minimum atomic E-state index is 0.314. The molecule has 0 aliphatic rings. The second-order valence-corrected chi connectivity index (χ2v) is 4.34. The average Bonchev–Trinajstić information content (AvgIpc) is 2.37. The van der Waals surface area contributed by atoms with Crippen molar-refractivity contribution in [3.63, 3.8) is 0 Å². The second-order valence-electron chi connectivity index (χ2n) is 4.34. The highest BCUT2D eigenvalue weighted by Gasteiger charge is 2.10. The molecule has 94 valence electrons. The molecule has 2 nitrogen and oxygen atoms in total. The van der Waals surface area contributed by atoms with Gasteiger partial charge in [-0.3, -0.25) is 4.79 Å². The fraction of sp³-hybridized carbons (Fsp3) is 0.533. The van der Waals surface area contributed by atoms with Crippen molar-refractivity contribution < 1.29 is 9.53 Å². The molecule has 0 amide bonds. The lowest BCUT2D eigenvalue weighted by Crippen LogP contribution is -2.11. The van der Waals surface area contributed by atoms with Crippen LogP contribution in [0.5, 0.6) is 5.75 Å². The van der Waals surface area contributed by atoms with E-state index >= 15 is 0 Å². The zero-order valence-electron chi connectivity index (χ0n) is 10.8. The molecule has 0 saturated carbocycles. The van der Waals surface area contributed by atoms with E-state index in [1.807, 2.05) is 30.3 Å². The molecule has 1 aromatic carbocycles. The number of rotatable bonds is 8. The van der Waals surface area contributed by atoms with Gasteiger partial charge in [-0.1, -0.05) is 44.9 Å². The van der Waals surface area contributed by atoms with E-state index in [-0.39, 0.29) is 0 Å². The monoisotopic (exact) mass is 234 g/mol. The maximum atomic E-state index is 11.7. The van der Waals surface area contributed by atoms with Gasteiger partial charge in [-0.2, -0.15) is 0 Å². The second kappa shape index (κ2) is 7.88. The molecule has 0 aliphatic heterocycles. The van der Waals surface area contributed by atoms with Crippen LogP contribution >= 0.6 is 0 Å². The molecule has 0 saturated heterocycles. The summed E-state index contributed by atoms with van der Waals surface area (Å²) in [4.78, 5) is 11.7. The maximum Gasteiger partial charge on any atom is 0.136 e. The van der Waals surface area contributed by atoms with E-state index in [1.165, 1.54) is 0 Å². The molecular formula is C15H22O2. The van der Waals surface area contributed by atoms with E-state index in [9.17, 15) is 4.79 Å². The standard InChI is InChI=1S/C15H22O2/c1-3-13(4-2)12-14(16)10-11-17-15-8-6-5-7-9-15/h5-9,13H,3-4,10-12H2,1-2H3. The van der Waals surface area contributed by atoms with Crippen molar-refractivity contribution in [2.75, 3.05) is 6.61 Å². The van der Waals surface area contributed by atoms with Crippen molar-refractivity contribution in [1.29, 1.82) is 0 Å². The minimum Gasteiger partial charge on any atom is -0.493 e. The summed E-state index contributed by atoms with van der Waals surface area (Å²) in [7, 11) is 0. The van der Waals surface area contributed by atoms with Crippen LogP contribution < -0.4 is 4.74 Å². The Kier molecular flexibility index (Phi) is 6.38. The van der Waals surface area contributed by atoms with Crippen molar-refractivity contribution >= 4 is 5.78 Å². The quantitative estimate of drug-likeness (QED) is 0.683. The van der Waals surface area contributed by atoms with E-state index in [1.54, 1.807) is 0 Å². The van der Waals surface area contributed by atoms with E-state index in [2.05, 4.69) is 13.8 Å². The number of para-hydroxylation sites is 1. The average molecular weight is 234 g/mol. The number of ether oxygens (including phenoxy) is 1. The largest absolute Gasteiger partial charge is 0.493 e. The first-order valence-corrected chi connectivity index (χ1v) is 6.45. The van der Waals surface area contributed by atoms with E-state index in [4.69, 9.17) is 4.74 Å². The zero-order chi connectivity index (χ0) is 12.5. The number of carbonyl (C=O) groups excluding carboxylic acids is 1. The van der Waals surface area contributed by atoms with Gasteiger partial charge in [0, 0.05) is 12.8 Å².